The summed E-state index contributed by atoms with van der Waals surface area (Å²) < 4.78 is 0. The third-order valence-electron chi connectivity index (χ3n) is 7.71. The normalized spacial score (nSPS) is 30.0. The molecule has 1 aromatic rings. The molecule has 4 heteroatoms. The second-order valence-corrected chi connectivity index (χ2v) is 9.58. The zero-order valence-corrected chi connectivity index (χ0v) is 18.4. The van der Waals surface area contributed by atoms with Gasteiger partial charge in [-0.05, 0) is 71.3 Å². The van der Waals surface area contributed by atoms with Crippen LogP contribution in [0.1, 0.15) is 69.8 Å². The summed E-state index contributed by atoms with van der Waals surface area (Å²) in [5.41, 5.74) is 1.40. The zero-order valence-electron chi connectivity index (χ0n) is 18.4. The van der Waals surface area contributed by atoms with E-state index in [1.165, 1.54) is 50.8 Å². The van der Waals surface area contributed by atoms with E-state index >= 15 is 0 Å². The molecule has 3 fully saturated rings. The smallest absolute Gasteiger partial charge is 0.222 e. The van der Waals surface area contributed by atoms with Gasteiger partial charge in [-0.15, -0.1) is 0 Å². The number of benzene rings is 1. The number of nitrogens with zero attached hydrogens (tertiary/aromatic N) is 3. The van der Waals surface area contributed by atoms with Crippen molar-refractivity contribution >= 4 is 5.91 Å². The highest BCUT2D eigenvalue weighted by Crippen LogP contribution is 2.39. The van der Waals surface area contributed by atoms with Crippen LogP contribution in [-0.2, 0) is 4.79 Å². The summed E-state index contributed by atoms with van der Waals surface area (Å²) in [5.74, 6) is 0.822. The molecule has 0 spiro atoms. The maximum absolute atomic E-state index is 13.4. The monoisotopic (exact) mass is 397 g/mol. The number of fused-ring (bicyclic) bond motifs is 1. The number of carbonyl (C=O) groups excluding carboxylic acids is 1. The van der Waals surface area contributed by atoms with E-state index in [0.29, 0.717) is 36.4 Å². The molecule has 29 heavy (non-hydrogen) atoms. The molecule has 0 saturated carbocycles. The van der Waals surface area contributed by atoms with Gasteiger partial charge in [-0.1, -0.05) is 43.2 Å². The van der Waals surface area contributed by atoms with Crippen molar-refractivity contribution in [3.8, 4) is 0 Å². The van der Waals surface area contributed by atoms with Crippen molar-refractivity contribution in [2.24, 2.45) is 0 Å². The Balaban J connectivity index is 1.48. The summed E-state index contributed by atoms with van der Waals surface area (Å²) in [6.45, 7) is 6.77. The third kappa shape index (κ3) is 4.69. The van der Waals surface area contributed by atoms with Crippen LogP contribution in [0.3, 0.4) is 0 Å². The van der Waals surface area contributed by atoms with Crippen molar-refractivity contribution < 1.29 is 4.79 Å². The predicted molar refractivity (Wildman–Crippen MR) is 119 cm³/mol. The highest BCUT2D eigenvalue weighted by atomic mass is 16.2. The van der Waals surface area contributed by atoms with Crippen molar-refractivity contribution in [3.05, 3.63) is 35.9 Å². The highest BCUT2D eigenvalue weighted by molar-refractivity contribution is 5.77. The van der Waals surface area contributed by atoms with Gasteiger partial charge in [0.2, 0.25) is 5.91 Å². The van der Waals surface area contributed by atoms with Crippen molar-refractivity contribution in [1.82, 2.24) is 14.7 Å². The van der Waals surface area contributed by atoms with Crippen molar-refractivity contribution in [2.75, 3.05) is 33.2 Å². The second kappa shape index (κ2) is 9.61. The standard InChI is InChI=1S/C25H39N3O/c1-20(27-17-9-10-18-27)14-15-24(29)28-19-22(21-11-5-3-6-12-21)25-23(28)13-7-4-8-16-26(25)2/h3,5-6,11-12,20,22-23,25H,4,7-10,13-19H2,1-2H3/t20-,22+,23-,25+/m1/s1. The van der Waals surface area contributed by atoms with E-state index in [4.69, 9.17) is 0 Å². The second-order valence-electron chi connectivity index (χ2n) is 9.58. The van der Waals surface area contributed by atoms with Crippen LogP contribution >= 0.6 is 0 Å². The Bertz CT molecular complexity index is 657. The molecule has 0 N–H and O–H groups in total. The molecule has 4 nitrogen and oxygen atoms in total. The van der Waals surface area contributed by atoms with E-state index in [2.05, 4.69) is 59.0 Å². The van der Waals surface area contributed by atoms with Crippen LogP contribution < -0.4 is 0 Å². The molecule has 160 valence electrons. The van der Waals surface area contributed by atoms with E-state index < -0.39 is 0 Å². The Kier molecular flexibility index (Phi) is 6.92. The average molecular weight is 398 g/mol. The molecule has 4 atom stereocenters. The van der Waals surface area contributed by atoms with E-state index in [0.717, 1.165) is 25.9 Å². The SMILES string of the molecule is C[C@H](CCC(=O)N1C[C@@H](c2ccccc2)[C@H]2[C@H]1CCCCCN2C)N1CCCC1. The average Bonchev–Trinajstić information content (AvgIpc) is 3.39. The maximum Gasteiger partial charge on any atom is 0.222 e. The molecule has 1 aromatic carbocycles. The fourth-order valence-electron chi connectivity index (χ4n) is 6.01. The molecule has 3 aliphatic rings. The quantitative estimate of drug-likeness (QED) is 0.748. The van der Waals surface area contributed by atoms with Gasteiger partial charge in [0, 0.05) is 37.0 Å². The fourth-order valence-corrected chi connectivity index (χ4v) is 6.01. The van der Waals surface area contributed by atoms with Crippen molar-refractivity contribution in [2.45, 2.75) is 82.3 Å². The summed E-state index contributed by atoms with van der Waals surface area (Å²) in [4.78, 5) is 20.8. The van der Waals surface area contributed by atoms with Crippen LogP contribution in [-0.4, -0.2) is 72.0 Å². The van der Waals surface area contributed by atoms with E-state index in [1.54, 1.807) is 0 Å². The predicted octanol–water partition coefficient (Wildman–Crippen LogP) is 4.12. The van der Waals surface area contributed by atoms with Gasteiger partial charge in [-0.25, -0.2) is 0 Å². The molecular weight excluding hydrogens is 358 g/mol. The molecule has 1 amide bonds. The first-order valence-corrected chi connectivity index (χ1v) is 11.9. The maximum atomic E-state index is 13.4. The molecule has 4 rings (SSSR count). The number of hydrogen-bond acceptors (Lipinski definition) is 3. The van der Waals surface area contributed by atoms with Gasteiger partial charge in [-0.3, -0.25) is 4.79 Å². The number of hydrogen-bond donors (Lipinski definition) is 0. The Labute approximate surface area is 177 Å². The van der Waals surface area contributed by atoms with E-state index in [-0.39, 0.29) is 0 Å². The molecule has 0 bridgehead atoms. The van der Waals surface area contributed by atoms with Crippen LogP contribution in [0.5, 0.6) is 0 Å². The van der Waals surface area contributed by atoms with Crippen LogP contribution in [0.25, 0.3) is 0 Å². The lowest BCUT2D eigenvalue weighted by Crippen LogP contribution is -2.47. The van der Waals surface area contributed by atoms with E-state index in [9.17, 15) is 4.79 Å². The first-order valence-electron chi connectivity index (χ1n) is 11.9. The molecule has 0 aromatic heterocycles. The summed E-state index contributed by atoms with van der Waals surface area (Å²) in [5, 5.41) is 0. The lowest BCUT2D eigenvalue weighted by molar-refractivity contribution is -0.133. The minimum Gasteiger partial charge on any atom is -0.337 e. The van der Waals surface area contributed by atoms with E-state index in [1.807, 2.05) is 0 Å². The molecule has 3 aliphatic heterocycles. The van der Waals surface area contributed by atoms with Crippen molar-refractivity contribution in [1.29, 1.82) is 0 Å². The van der Waals surface area contributed by atoms with Crippen molar-refractivity contribution in [3.63, 3.8) is 0 Å². The third-order valence-corrected chi connectivity index (χ3v) is 7.71. The molecule has 0 aliphatic carbocycles. The van der Waals surface area contributed by atoms with Gasteiger partial charge in [0.1, 0.15) is 0 Å². The minimum absolute atomic E-state index is 0.375. The van der Waals surface area contributed by atoms with Gasteiger partial charge in [0.25, 0.3) is 0 Å². The summed E-state index contributed by atoms with van der Waals surface area (Å²) in [6, 6.07) is 12.3. The summed E-state index contributed by atoms with van der Waals surface area (Å²) >= 11 is 0. The lowest BCUT2D eigenvalue weighted by Gasteiger charge is -2.37. The molecular formula is C25H39N3O. The summed E-state index contributed by atoms with van der Waals surface area (Å²) in [6.07, 6.45) is 9.32. The minimum atomic E-state index is 0.375. The van der Waals surface area contributed by atoms with Gasteiger partial charge in [-0.2, -0.15) is 0 Å². The van der Waals surface area contributed by atoms with Gasteiger partial charge >= 0.3 is 0 Å². The fraction of sp³-hybridized carbons (Fsp3) is 0.720. The lowest BCUT2D eigenvalue weighted by atomic mass is 9.87. The number of likely N-dealkylation sites (N-methyl/N-ethyl adjacent to an activating group) is 1. The highest BCUT2D eigenvalue weighted by Gasteiger charge is 2.46. The number of likely N-dealkylation sites (tertiary alicyclic amines) is 3. The zero-order chi connectivity index (χ0) is 20.2. The number of carbonyl (C=O) groups is 1. The molecule has 3 saturated heterocycles. The molecule has 0 radical (unpaired) electrons. The van der Waals surface area contributed by atoms with Crippen LogP contribution in [0, 0.1) is 0 Å². The number of amides is 1. The first-order chi connectivity index (χ1) is 14.1. The van der Waals surface area contributed by atoms with Crippen LogP contribution in [0.4, 0.5) is 0 Å². The Morgan fingerprint density at radius 1 is 1.03 bits per heavy atom. The van der Waals surface area contributed by atoms with Gasteiger partial charge in [0.05, 0.1) is 0 Å². The van der Waals surface area contributed by atoms with Crippen LogP contribution in [0.2, 0.25) is 0 Å². The number of rotatable bonds is 5. The topological polar surface area (TPSA) is 26.8 Å². The van der Waals surface area contributed by atoms with Gasteiger partial charge < -0.3 is 14.7 Å². The molecule has 0 unspecified atom stereocenters. The Morgan fingerprint density at radius 2 is 1.76 bits per heavy atom. The largest absolute Gasteiger partial charge is 0.337 e. The van der Waals surface area contributed by atoms with Gasteiger partial charge in [0.15, 0.2) is 0 Å². The summed E-state index contributed by atoms with van der Waals surface area (Å²) in [7, 11) is 2.28. The Morgan fingerprint density at radius 3 is 2.52 bits per heavy atom. The molecule has 3 heterocycles. The van der Waals surface area contributed by atoms with Crippen LogP contribution in [0.15, 0.2) is 30.3 Å². The first kappa shape index (κ1) is 20.9. The Hall–Kier alpha value is -1.39.